The molecule has 0 bridgehead atoms. The summed E-state index contributed by atoms with van der Waals surface area (Å²) >= 11 is 0. The normalized spacial score (nSPS) is 21.5. The van der Waals surface area contributed by atoms with Crippen LogP contribution in [0, 0.1) is 5.41 Å². The molecular weight excluding hydrogens is 282 g/mol. The molecule has 23 heavy (non-hydrogen) atoms. The SMILES string of the molecule is O=C(N1C/C=C\CCCC1)C1(Cc2ccccc2)C=CCC=C1. The van der Waals surface area contributed by atoms with Gasteiger partial charge in [0.05, 0.1) is 5.41 Å². The van der Waals surface area contributed by atoms with Gasteiger partial charge in [0.1, 0.15) is 0 Å². The molecule has 0 atom stereocenters. The molecule has 0 unspecified atom stereocenters. The Kier molecular flexibility index (Phi) is 5.12. The zero-order valence-electron chi connectivity index (χ0n) is 13.7. The van der Waals surface area contributed by atoms with Crippen molar-refractivity contribution < 1.29 is 4.79 Å². The Morgan fingerprint density at radius 3 is 2.57 bits per heavy atom. The van der Waals surface area contributed by atoms with E-state index in [1.54, 1.807) is 0 Å². The third-order valence-corrected chi connectivity index (χ3v) is 4.67. The molecule has 1 heterocycles. The Morgan fingerprint density at radius 2 is 1.78 bits per heavy atom. The minimum Gasteiger partial charge on any atom is -0.338 e. The number of hydrogen-bond donors (Lipinski definition) is 0. The smallest absolute Gasteiger partial charge is 0.237 e. The molecule has 0 fully saturated rings. The molecule has 120 valence electrons. The van der Waals surface area contributed by atoms with Gasteiger partial charge in [0.15, 0.2) is 0 Å². The van der Waals surface area contributed by atoms with Crippen molar-refractivity contribution in [2.45, 2.75) is 32.1 Å². The zero-order valence-corrected chi connectivity index (χ0v) is 13.7. The molecule has 3 rings (SSSR count). The van der Waals surface area contributed by atoms with Crippen LogP contribution in [0.25, 0.3) is 0 Å². The number of nitrogens with zero attached hydrogens (tertiary/aromatic N) is 1. The Hall–Kier alpha value is -2.09. The van der Waals surface area contributed by atoms with Crippen LogP contribution in [0.4, 0.5) is 0 Å². The van der Waals surface area contributed by atoms with Gasteiger partial charge in [-0.15, -0.1) is 0 Å². The first kappa shape index (κ1) is 15.8. The topological polar surface area (TPSA) is 20.3 Å². The molecule has 0 radical (unpaired) electrons. The van der Waals surface area contributed by atoms with E-state index in [2.05, 4.69) is 48.6 Å². The summed E-state index contributed by atoms with van der Waals surface area (Å²) in [5.74, 6) is 0.236. The van der Waals surface area contributed by atoms with Crippen molar-refractivity contribution in [3.05, 3.63) is 72.4 Å². The maximum absolute atomic E-state index is 13.3. The predicted octanol–water partition coefficient (Wildman–Crippen LogP) is 4.30. The fourth-order valence-corrected chi connectivity index (χ4v) is 3.42. The molecular formula is C21H25NO. The summed E-state index contributed by atoms with van der Waals surface area (Å²) in [5, 5.41) is 0. The first-order valence-electron chi connectivity index (χ1n) is 8.64. The van der Waals surface area contributed by atoms with E-state index in [9.17, 15) is 4.79 Å². The third-order valence-electron chi connectivity index (χ3n) is 4.67. The molecule has 1 aromatic rings. The largest absolute Gasteiger partial charge is 0.338 e. The maximum Gasteiger partial charge on any atom is 0.237 e. The zero-order chi connectivity index (χ0) is 16.0. The molecule has 2 nitrogen and oxygen atoms in total. The summed E-state index contributed by atoms with van der Waals surface area (Å²) in [4.78, 5) is 15.4. The van der Waals surface area contributed by atoms with Crippen molar-refractivity contribution in [1.82, 2.24) is 4.90 Å². The van der Waals surface area contributed by atoms with Crippen LogP contribution < -0.4 is 0 Å². The van der Waals surface area contributed by atoms with Crippen molar-refractivity contribution in [3.63, 3.8) is 0 Å². The van der Waals surface area contributed by atoms with Crippen LogP contribution >= 0.6 is 0 Å². The van der Waals surface area contributed by atoms with Crippen molar-refractivity contribution in [1.29, 1.82) is 0 Å². The summed E-state index contributed by atoms with van der Waals surface area (Å²) in [6, 6.07) is 10.3. The molecule has 1 amide bonds. The lowest BCUT2D eigenvalue weighted by Crippen LogP contribution is -2.44. The summed E-state index contributed by atoms with van der Waals surface area (Å²) in [5.41, 5.74) is 0.687. The van der Waals surface area contributed by atoms with E-state index in [0.717, 1.165) is 45.2 Å². The molecule has 1 aliphatic carbocycles. The van der Waals surface area contributed by atoms with E-state index in [0.29, 0.717) is 0 Å². The van der Waals surface area contributed by atoms with Gasteiger partial charge in [-0.3, -0.25) is 4.79 Å². The van der Waals surface area contributed by atoms with Crippen LogP contribution in [-0.2, 0) is 11.2 Å². The van der Waals surface area contributed by atoms with Crippen molar-refractivity contribution >= 4 is 5.91 Å². The molecule has 0 N–H and O–H groups in total. The van der Waals surface area contributed by atoms with Gasteiger partial charge in [-0.1, -0.05) is 66.8 Å². The average molecular weight is 307 g/mol. The van der Waals surface area contributed by atoms with Gasteiger partial charge < -0.3 is 4.90 Å². The fraction of sp³-hybridized carbons (Fsp3) is 0.381. The number of carbonyl (C=O) groups is 1. The first-order chi connectivity index (χ1) is 11.3. The van der Waals surface area contributed by atoms with E-state index in [1.165, 1.54) is 5.56 Å². The highest BCUT2D eigenvalue weighted by atomic mass is 16.2. The summed E-state index contributed by atoms with van der Waals surface area (Å²) < 4.78 is 0. The van der Waals surface area contributed by atoms with Gasteiger partial charge in [-0.2, -0.15) is 0 Å². The minimum absolute atomic E-state index is 0.236. The number of benzene rings is 1. The molecule has 0 aromatic heterocycles. The quantitative estimate of drug-likeness (QED) is 0.762. The van der Waals surface area contributed by atoms with Gasteiger partial charge in [-0.25, -0.2) is 0 Å². The highest BCUT2D eigenvalue weighted by Crippen LogP contribution is 2.33. The highest BCUT2D eigenvalue weighted by molar-refractivity contribution is 5.87. The number of hydrogen-bond acceptors (Lipinski definition) is 1. The van der Waals surface area contributed by atoms with Crippen molar-refractivity contribution in [2.24, 2.45) is 5.41 Å². The number of rotatable bonds is 3. The maximum atomic E-state index is 13.3. The second-order valence-corrected chi connectivity index (χ2v) is 6.46. The number of allylic oxidation sites excluding steroid dienone is 3. The standard InChI is InChI=1S/C21H25NO/c23-20(22-16-10-2-1-3-11-17-22)21(14-8-5-9-15-21)18-19-12-6-4-7-13-19/h2,4,6-10,12-15H,1,3,5,11,16-18H2/b10-2-. The van der Waals surface area contributed by atoms with E-state index >= 15 is 0 Å². The van der Waals surface area contributed by atoms with Gasteiger partial charge in [-0.05, 0) is 37.7 Å². The Labute approximate surface area is 139 Å². The molecule has 2 aliphatic rings. The van der Waals surface area contributed by atoms with Gasteiger partial charge in [0.2, 0.25) is 5.91 Å². The molecule has 1 aliphatic heterocycles. The van der Waals surface area contributed by atoms with Crippen LogP contribution in [0.5, 0.6) is 0 Å². The lowest BCUT2D eigenvalue weighted by Gasteiger charge is -2.34. The molecule has 0 saturated carbocycles. The van der Waals surface area contributed by atoms with E-state index in [4.69, 9.17) is 0 Å². The predicted molar refractivity (Wildman–Crippen MR) is 95.0 cm³/mol. The Morgan fingerprint density at radius 1 is 1.00 bits per heavy atom. The van der Waals surface area contributed by atoms with Gasteiger partial charge in [0.25, 0.3) is 0 Å². The molecule has 0 spiro atoms. The van der Waals surface area contributed by atoms with Crippen LogP contribution in [0.15, 0.2) is 66.8 Å². The van der Waals surface area contributed by atoms with E-state index in [1.807, 2.05) is 23.1 Å². The van der Waals surface area contributed by atoms with Crippen LogP contribution in [-0.4, -0.2) is 23.9 Å². The van der Waals surface area contributed by atoms with Gasteiger partial charge in [0, 0.05) is 13.1 Å². The number of carbonyl (C=O) groups excluding carboxylic acids is 1. The summed E-state index contributed by atoms with van der Waals surface area (Å²) in [7, 11) is 0. The Bertz CT molecular complexity index is 600. The monoisotopic (exact) mass is 307 g/mol. The third kappa shape index (κ3) is 3.82. The van der Waals surface area contributed by atoms with Crippen molar-refractivity contribution in [3.8, 4) is 0 Å². The number of amides is 1. The molecule has 0 saturated heterocycles. The highest BCUT2D eigenvalue weighted by Gasteiger charge is 2.37. The van der Waals surface area contributed by atoms with E-state index < -0.39 is 5.41 Å². The molecule has 1 aromatic carbocycles. The average Bonchev–Trinajstić information content (AvgIpc) is 2.56. The summed E-state index contributed by atoms with van der Waals surface area (Å²) in [6.45, 7) is 1.60. The second-order valence-electron chi connectivity index (χ2n) is 6.46. The lowest BCUT2D eigenvalue weighted by atomic mass is 9.77. The first-order valence-corrected chi connectivity index (χ1v) is 8.64. The van der Waals surface area contributed by atoms with Crippen LogP contribution in [0.3, 0.4) is 0 Å². The van der Waals surface area contributed by atoms with Gasteiger partial charge >= 0.3 is 0 Å². The Balaban J connectivity index is 1.86. The molecule has 2 heteroatoms. The minimum atomic E-state index is -0.521. The van der Waals surface area contributed by atoms with Crippen LogP contribution in [0.1, 0.15) is 31.2 Å². The fourth-order valence-electron chi connectivity index (χ4n) is 3.42. The van der Waals surface area contributed by atoms with Crippen molar-refractivity contribution in [2.75, 3.05) is 13.1 Å². The van der Waals surface area contributed by atoms with E-state index in [-0.39, 0.29) is 5.91 Å². The second kappa shape index (κ2) is 7.45. The van der Waals surface area contributed by atoms with Crippen LogP contribution in [0.2, 0.25) is 0 Å². The lowest BCUT2D eigenvalue weighted by molar-refractivity contribution is -0.137. The summed E-state index contributed by atoms with van der Waals surface area (Å²) in [6.07, 6.45) is 17.9.